The fourth-order valence-electron chi connectivity index (χ4n) is 1.56. The Labute approximate surface area is 110 Å². The molecular weight excluding hydrogens is 254 g/mol. The van der Waals surface area contributed by atoms with Gasteiger partial charge in [0, 0.05) is 18.6 Å². The summed E-state index contributed by atoms with van der Waals surface area (Å²) in [5.41, 5.74) is 6.93. The molecule has 1 aliphatic heterocycles. The van der Waals surface area contributed by atoms with Crippen LogP contribution in [0.5, 0.6) is 0 Å². The zero-order chi connectivity index (χ0) is 13.9. The van der Waals surface area contributed by atoms with Crippen LogP contribution in [0.25, 0.3) is 0 Å². The average molecular weight is 271 g/mol. The quantitative estimate of drug-likeness (QED) is 0.416. The molecule has 0 saturated carbocycles. The molecule has 0 radical (unpaired) electrons. The summed E-state index contributed by atoms with van der Waals surface area (Å²) in [6, 6.07) is 0. The van der Waals surface area contributed by atoms with Crippen LogP contribution in [0.4, 0.5) is 0 Å². The van der Waals surface area contributed by atoms with E-state index in [4.69, 9.17) is 28.2 Å². The van der Waals surface area contributed by atoms with Gasteiger partial charge in [0.05, 0.1) is 25.7 Å². The van der Waals surface area contributed by atoms with Gasteiger partial charge in [0.2, 0.25) is 5.91 Å². The number of carbonyl (C=O) groups is 1. The molecule has 1 amide bonds. The first-order valence-corrected chi connectivity index (χ1v) is 5.83. The molecule has 1 saturated heterocycles. The number of hydrogen-bond donors (Lipinski definition) is 4. The molecule has 98 valence electrons. The molecule has 0 aromatic heterocycles. The number of nitrogens with zero attached hydrogens (tertiary/aromatic N) is 1. The minimum atomic E-state index is -0.255. The molecule has 0 atom stereocenters. The summed E-state index contributed by atoms with van der Waals surface area (Å²) in [7, 11) is 1.87. The fourth-order valence-corrected chi connectivity index (χ4v) is 1.71. The van der Waals surface area contributed by atoms with Gasteiger partial charge in [-0.05, 0) is 0 Å². The number of nitrogens with one attached hydrogen (secondary N) is 2. The standard InChI is InChI=1S/C11H16ClN5O/c1-6(16-2)3-7(13)5-17-9(18)4-8(10(12)14)11(17)15/h3,13,15-16H,4-5,14H2,1-2H3/p+1/b6-3-,10-8-,13-7?,15-11?. The lowest BCUT2D eigenvalue weighted by atomic mass is 10.2. The Bertz CT molecular complexity index is 462. The molecule has 0 aromatic carbocycles. The molecule has 6 N–H and O–H groups in total. The maximum Gasteiger partial charge on any atom is 0.233 e. The summed E-state index contributed by atoms with van der Waals surface area (Å²) in [6.07, 6.45) is 1.69. The Balaban J connectivity index is 2.81. The van der Waals surface area contributed by atoms with Crippen molar-refractivity contribution >= 4 is 29.1 Å². The summed E-state index contributed by atoms with van der Waals surface area (Å²) >= 11 is 5.62. The Morgan fingerprint density at radius 2 is 2.28 bits per heavy atom. The fraction of sp³-hybridized carbons (Fsp3) is 0.364. The predicted molar refractivity (Wildman–Crippen MR) is 70.5 cm³/mol. The van der Waals surface area contributed by atoms with Crippen molar-refractivity contribution in [3.8, 4) is 0 Å². The van der Waals surface area contributed by atoms with Crippen molar-refractivity contribution in [3.63, 3.8) is 0 Å². The van der Waals surface area contributed by atoms with E-state index in [9.17, 15) is 4.79 Å². The minimum absolute atomic E-state index is 0.0104. The van der Waals surface area contributed by atoms with E-state index in [1.165, 1.54) is 4.90 Å². The number of halogens is 1. The summed E-state index contributed by atoms with van der Waals surface area (Å²) in [5.74, 6) is -0.265. The molecule has 0 aromatic rings. The van der Waals surface area contributed by atoms with Gasteiger partial charge in [-0.15, -0.1) is 0 Å². The topological polar surface area (TPSA) is 111 Å². The summed E-state index contributed by atoms with van der Waals surface area (Å²) in [5, 5.41) is 17.4. The van der Waals surface area contributed by atoms with Crippen molar-refractivity contribution in [1.29, 1.82) is 10.8 Å². The van der Waals surface area contributed by atoms with Gasteiger partial charge in [0.25, 0.3) is 0 Å². The first-order chi connectivity index (χ1) is 8.36. The molecule has 1 rings (SSSR count). The Morgan fingerprint density at radius 1 is 1.67 bits per heavy atom. The van der Waals surface area contributed by atoms with Gasteiger partial charge < -0.3 is 16.5 Å². The third-order valence-electron chi connectivity index (χ3n) is 2.66. The number of amidine groups is 1. The van der Waals surface area contributed by atoms with E-state index in [1.807, 2.05) is 19.3 Å². The normalized spacial score (nSPS) is 19.5. The number of quaternary nitrogens is 1. The second-order valence-corrected chi connectivity index (χ2v) is 4.44. The highest BCUT2D eigenvalue weighted by atomic mass is 35.5. The number of amides is 1. The van der Waals surface area contributed by atoms with E-state index in [-0.39, 0.29) is 35.6 Å². The van der Waals surface area contributed by atoms with Gasteiger partial charge in [-0.2, -0.15) is 0 Å². The molecular formula is C11H17ClN5O+. The minimum Gasteiger partial charge on any atom is -0.389 e. The number of rotatable bonds is 4. The second kappa shape index (κ2) is 5.79. The molecule has 6 nitrogen and oxygen atoms in total. The lowest BCUT2D eigenvalue weighted by Crippen LogP contribution is -2.76. The molecule has 18 heavy (non-hydrogen) atoms. The van der Waals surface area contributed by atoms with Crippen LogP contribution in [-0.2, 0) is 4.79 Å². The van der Waals surface area contributed by atoms with Crippen LogP contribution in [0, 0.1) is 10.8 Å². The van der Waals surface area contributed by atoms with Crippen LogP contribution < -0.4 is 11.1 Å². The molecule has 1 heterocycles. The third kappa shape index (κ3) is 3.18. The summed E-state index contributed by atoms with van der Waals surface area (Å²) in [4.78, 5) is 12.9. The van der Waals surface area contributed by atoms with Crippen LogP contribution in [0.2, 0.25) is 0 Å². The number of allylic oxidation sites excluding steroid dienone is 1. The SMILES string of the molecule is C[NH2+]/C(C)=C\C(=N)CN1C(=N)/C(=C(\N)Cl)CC1=O. The average Bonchev–Trinajstić information content (AvgIpc) is 2.56. The summed E-state index contributed by atoms with van der Waals surface area (Å²) in [6.45, 7) is 1.93. The lowest BCUT2D eigenvalue weighted by molar-refractivity contribution is -0.575. The number of likely N-dealkylation sites (tertiary alicyclic amines) is 1. The lowest BCUT2D eigenvalue weighted by Gasteiger charge is -2.14. The van der Waals surface area contributed by atoms with Gasteiger partial charge in [-0.1, -0.05) is 11.6 Å². The van der Waals surface area contributed by atoms with Gasteiger partial charge in [0.15, 0.2) is 0 Å². The van der Waals surface area contributed by atoms with Crippen molar-refractivity contribution in [2.75, 3.05) is 13.6 Å². The molecule has 0 unspecified atom stereocenters. The predicted octanol–water partition coefficient (Wildman–Crippen LogP) is -0.278. The Morgan fingerprint density at radius 3 is 2.72 bits per heavy atom. The first kappa shape index (κ1) is 14.4. The third-order valence-corrected chi connectivity index (χ3v) is 2.89. The molecule has 1 fully saturated rings. The van der Waals surface area contributed by atoms with Gasteiger partial charge in [0.1, 0.15) is 16.7 Å². The maximum absolute atomic E-state index is 11.7. The van der Waals surface area contributed by atoms with E-state index >= 15 is 0 Å². The van der Waals surface area contributed by atoms with Crippen LogP contribution in [0.3, 0.4) is 0 Å². The highest BCUT2D eigenvalue weighted by Gasteiger charge is 2.32. The molecule has 0 bridgehead atoms. The maximum atomic E-state index is 11.7. The second-order valence-electron chi connectivity index (χ2n) is 4.03. The first-order valence-electron chi connectivity index (χ1n) is 5.45. The largest absolute Gasteiger partial charge is 0.389 e. The molecule has 0 aliphatic carbocycles. The van der Waals surface area contributed by atoms with Gasteiger partial charge in [-0.25, -0.2) is 0 Å². The van der Waals surface area contributed by atoms with E-state index in [2.05, 4.69) is 0 Å². The smallest absolute Gasteiger partial charge is 0.233 e. The van der Waals surface area contributed by atoms with Crippen molar-refractivity contribution in [1.82, 2.24) is 4.90 Å². The van der Waals surface area contributed by atoms with E-state index < -0.39 is 0 Å². The zero-order valence-electron chi connectivity index (χ0n) is 10.4. The Kier molecular flexibility index (Phi) is 4.63. The van der Waals surface area contributed by atoms with Crippen LogP contribution in [0.1, 0.15) is 13.3 Å². The van der Waals surface area contributed by atoms with E-state index in [0.717, 1.165) is 5.70 Å². The monoisotopic (exact) mass is 270 g/mol. The summed E-state index contributed by atoms with van der Waals surface area (Å²) < 4.78 is 0. The highest BCUT2D eigenvalue weighted by Crippen LogP contribution is 2.21. The number of hydrogen-bond acceptors (Lipinski definition) is 4. The van der Waals surface area contributed by atoms with E-state index in [1.54, 1.807) is 6.08 Å². The number of nitrogens with two attached hydrogens (primary N) is 2. The van der Waals surface area contributed by atoms with Crippen molar-refractivity contribution < 1.29 is 10.1 Å². The van der Waals surface area contributed by atoms with E-state index in [0.29, 0.717) is 5.57 Å². The molecule has 7 heteroatoms. The van der Waals surface area contributed by atoms with Crippen molar-refractivity contribution in [2.45, 2.75) is 13.3 Å². The molecule has 0 spiro atoms. The van der Waals surface area contributed by atoms with Crippen LogP contribution >= 0.6 is 11.6 Å². The van der Waals surface area contributed by atoms with Crippen LogP contribution in [0.15, 0.2) is 22.5 Å². The van der Waals surface area contributed by atoms with Gasteiger partial charge in [-0.3, -0.25) is 15.1 Å². The van der Waals surface area contributed by atoms with Gasteiger partial charge >= 0.3 is 0 Å². The van der Waals surface area contributed by atoms with Crippen LogP contribution in [-0.4, -0.2) is 35.9 Å². The zero-order valence-corrected chi connectivity index (χ0v) is 11.1. The Hall–Kier alpha value is -1.66. The van der Waals surface area contributed by atoms with Crippen molar-refractivity contribution in [2.24, 2.45) is 5.73 Å². The highest BCUT2D eigenvalue weighted by molar-refractivity contribution is 6.33. The number of carbonyl (C=O) groups excluding carboxylic acids is 1. The molecule has 1 aliphatic rings. The van der Waals surface area contributed by atoms with Crippen molar-refractivity contribution in [3.05, 3.63) is 22.5 Å².